The molecule has 1 aromatic rings. The van der Waals surface area contributed by atoms with Gasteiger partial charge in [-0.2, -0.15) is 0 Å². The van der Waals surface area contributed by atoms with Gasteiger partial charge in [0.1, 0.15) is 0 Å². The van der Waals surface area contributed by atoms with Crippen molar-refractivity contribution >= 4 is 17.3 Å². The Morgan fingerprint density at radius 2 is 2.18 bits per heavy atom. The van der Waals surface area contributed by atoms with Crippen LogP contribution in [0.5, 0.6) is 0 Å². The van der Waals surface area contributed by atoms with Crippen molar-refractivity contribution in [2.24, 2.45) is 0 Å². The van der Waals surface area contributed by atoms with Gasteiger partial charge in [-0.05, 0) is 25.8 Å². The van der Waals surface area contributed by atoms with Gasteiger partial charge in [0, 0.05) is 49.4 Å². The molecular formula is C13H19ClN2O. The lowest BCUT2D eigenvalue weighted by Crippen LogP contribution is -2.37. The van der Waals surface area contributed by atoms with Crippen LogP contribution in [0.25, 0.3) is 0 Å². The number of alkyl halides is 1. The van der Waals surface area contributed by atoms with Gasteiger partial charge in [0.05, 0.1) is 5.88 Å². The van der Waals surface area contributed by atoms with Gasteiger partial charge in [-0.3, -0.25) is 4.98 Å². The number of hydrogen-bond acceptors (Lipinski definition) is 3. The summed E-state index contributed by atoms with van der Waals surface area (Å²) >= 11 is 5.98. The van der Waals surface area contributed by atoms with E-state index in [0.29, 0.717) is 11.9 Å². The summed E-state index contributed by atoms with van der Waals surface area (Å²) in [7, 11) is 2.14. The van der Waals surface area contributed by atoms with E-state index in [1.54, 1.807) is 0 Å². The summed E-state index contributed by atoms with van der Waals surface area (Å²) in [6, 6.07) is 2.67. The van der Waals surface area contributed by atoms with Crippen LogP contribution in [-0.2, 0) is 10.6 Å². The number of aryl methyl sites for hydroxylation is 1. The van der Waals surface area contributed by atoms with Crippen LogP contribution < -0.4 is 4.90 Å². The van der Waals surface area contributed by atoms with Crippen LogP contribution in [0.4, 0.5) is 5.69 Å². The van der Waals surface area contributed by atoms with Gasteiger partial charge in [0.25, 0.3) is 0 Å². The molecule has 0 aliphatic carbocycles. The lowest BCUT2D eigenvalue weighted by molar-refractivity contribution is 0.0854. The standard InChI is InChI=1S/C13H19ClN2O/c1-10-7-13(11(8-14)9-15-10)16(2)12-3-5-17-6-4-12/h7,9,12H,3-6,8H2,1-2H3. The topological polar surface area (TPSA) is 25.4 Å². The summed E-state index contributed by atoms with van der Waals surface area (Å²) in [5, 5.41) is 0. The SMILES string of the molecule is Cc1cc(N(C)C2CCOCC2)c(CCl)cn1. The Kier molecular flexibility index (Phi) is 4.24. The van der Waals surface area contributed by atoms with Crippen molar-refractivity contribution in [3.05, 3.63) is 23.5 Å². The number of halogens is 1. The van der Waals surface area contributed by atoms with Crippen LogP contribution in [0.2, 0.25) is 0 Å². The summed E-state index contributed by atoms with van der Waals surface area (Å²) < 4.78 is 5.40. The fraction of sp³-hybridized carbons (Fsp3) is 0.615. The lowest BCUT2D eigenvalue weighted by atomic mass is 10.1. The van der Waals surface area contributed by atoms with E-state index in [-0.39, 0.29) is 0 Å². The number of hydrogen-bond donors (Lipinski definition) is 0. The largest absolute Gasteiger partial charge is 0.381 e. The Morgan fingerprint density at radius 3 is 2.82 bits per heavy atom. The number of rotatable bonds is 3. The predicted octanol–water partition coefficient (Wildman–Crippen LogP) is 2.74. The summed E-state index contributed by atoms with van der Waals surface area (Å²) in [6.07, 6.45) is 4.05. The van der Waals surface area contributed by atoms with E-state index in [4.69, 9.17) is 16.3 Å². The molecule has 17 heavy (non-hydrogen) atoms. The van der Waals surface area contributed by atoms with E-state index in [1.165, 1.54) is 5.69 Å². The van der Waals surface area contributed by atoms with E-state index in [9.17, 15) is 0 Å². The normalized spacial score (nSPS) is 17.1. The fourth-order valence-corrected chi connectivity index (χ4v) is 2.48. The minimum Gasteiger partial charge on any atom is -0.381 e. The molecule has 94 valence electrons. The molecule has 0 atom stereocenters. The first-order chi connectivity index (χ1) is 8.22. The lowest BCUT2D eigenvalue weighted by Gasteiger charge is -2.34. The first-order valence-corrected chi connectivity index (χ1v) is 6.58. The first-order valence-electron chi connectivity index (χ1n) is 6.04. The second kappa shape index (κ2) is 5.69. The van der Waals surface area contributed by atoms with E-state index >= 15 is 0 Å². The molecule has 4 heteroatoms. The van der Waals surface area contributed by atoms with Crippen molar-refractivity contribution in [2.75, 3.05) is 25.2 Å². The van der Waals surface area contributed by atoms with Gasteiger partial charge in [0.2, 0.25) is 0 Å². The zero-order valence-corrected chi connectivity index (χ0v) is 11.2. The van der Waals surface area contributed by atoms with Crippen LogP contribution in [0.1, 0.15) is 24.1 Å². The monoisotopic (exact) mass is 254 g/mol. The van der Waals surface area contributed by atoms with Crippen molar-refractivity contribution in [2.45, 2.75) is 31.7 Å². The van der Waals surface area contributed by atoms with Crippen LogP contribution in [0.3, 0.4) is 0 Å². The van der Waals surface area contributed by atoms with Gasteiger partial charge in [-0.1, -0.05) is 0 Å². The van der Waals surface area contributed by atoms with E-state index < -0.39 is 0 Å². The van der Waals surface area contributed by atoms with Crippen molar-refractivity contribution in [1.29, 1.82) is 0 Å². The molecule has 0 unspecified atom stereocenters. The predicted molar refractivity (Wildman–Crippen MR) is 70.8 cm³/mol. The average Bonchev–Trinajstić information content (AvgIpc) is 2.39. The third-order valence-electron chi connectivity index (χ3n) is 3.36. The Morgan fingerprint density at radius 1 is 1.47 bits per heavy atom. The minimum absolute atomic E-state index is 0.510. The third kappa shape index (κ3) is 2.90. The van der Waals surface area contributed by atoms with E-state index in [2.05, 4.69) is 23.0 Å². The Balaban J connectivity index is 2.21. The maximum atomic E-state index is 5.98. The summed E-state index contributed by atoms with van der Waals surface area (Å²) in [6.45, 7) is 3.73. The van der Waals surface area contributed by atoms with E-state index in [0.717, 1.165) is 37.3 Å². The highest BCUT2D eigenvalue weighted by atomic mass is 35.5. The maximum absolute atomic E-state index is 5.98. The van der Waals surface area contributed by atoms with Crippen LogP contribution in [-0.4, -0.2) is 31.3 Å². The molecule has 0 aromatic carbocycles. The number of ether oxygens (including phenoxy) is 1. The molecule has 1 aliphatic rings. The van der Waals surface area contributed by atoms with Gasteiger partial charge < -0.3 is 9.64 Å². The molecule has 1 fully saturated rings. The smallest absolute Gasteiger partial charge is 0.0509 e. The average molecular weight is 255 g/mol. The molecule has 1 saturated heterocycles. The number of nitrogens with zero attached hydrogens (tertiary/aromatic N) is 2. The Hall–Kier alpha value is -0.800. The molecule has 0 bridgehead atoms. The molecule has 1 aliphatic heterocycles. The Bertz CT molecular complexity index is 378. The third-order valence-corrected chi connectivity index (χ3v) is 3.65. The molecule has 0 spiro atoms. The van der Waals surface area contributed by atoms with Crippen LogP contribution in [0, 0.1) is 6.92 Å². The number of aromatic nitrogens is 1. The second-order valence-electron chi connectivity index (χ2n) is 4.54. The van der Waals surface area contributed by atoms with Crippen molar-refractivity contribution in [3.63, 3.8) is 0 Å². The van der Waals surface area contributed by atoms with Crippen LogP contribution >= 0.6 is 11.6 Å². The summed E-state index contributed by atoms with van der Waals surface area (Å²) in [5.41, 5.74) is 3.35. The van der Waals surface area contributed by atoms with Gasteiger partial charge >= 0.3 is 0 Å². The summed E-state index contributed by atoms with van der Waals surface area (Å²) in [5.74, 6) is 0.510. The molecule has 0 radical (unpaired) electrons. The van der Waals surface area contributed by atoms with Crippen molar-refractivity contribution in [1.82, 2.24) is 4.98 Å². The van der Waals surface area contributed by atoms with Crippen molar-refractivity contribution in [3.8, 4) is 0 Å². The van der Waals surface area contributed by atoms with Gasteiger partial charge in [-0.15, -0.1) is 11.6 Å². The molecule has 0 N–H and O–H groups in total. The molecule has 0 amide bonds. The second-order valence-corrected chi connectivity index (χ2v) is 4.81. The quantitative estimate of drug-likeness (QED) is 0.776. The molecule has 0 saturated carbocycles. The van der Waals surface area contributed by atoms with Gasteiger partial charge in [0.15, 0.2) is 0 Å². The zero-order chi connectivity index (χ0) is 12.3. The first kappa shape index (κ1) is 12.7. The highest BCUT2D eigenvalue weighted by molar-refractivity contribution is 6.17. The molecule has 1 aromatic heterocycles. The van der Waals surface area contributed by atoms with Gasteiger partial charge in [-0.25, -0.2) is 0 Å². The van der Waals surface area contributed by atoms with Crippen molar-refractivity contribution < 1.29 is 4.74 Å². The maximum Gasteiger partial charge on any atom is 0.0509 e. The number of anilines is 1. The molecule has 3 nitrogen and oxygen atoms in total. The van der Waals surface area contributed by atoms with E-state index in [1.807, 2.05) is 13.1 Å². The molecule has 2 heterocycles. The van der Waals surface area contributed by atoms with Crippen LogP contribution in [0.15, 0.2) is 12.3 Å². The number of pyridine rings is 1. The Labute approximate surface area is 108 Å². The fourth-order valence-electron chi connectivity index (χ4n) is 2.27. The highest BCUT2D eigenvalue weighted by Crippen LogP contribution is 2.26. The molecule has 2 rings (SSSR count). The zero-order valence-electron chi connectivity index (χ0n) is 10.4. The minimum atomic E-state index is 0.510. The molecular weight excluding hydrogens is 236 g/mol. The highest BCUT2D eigenvalue weighted by Gasteiger charge is 2.20. The summed E-state index contributed by atoms with van der Waals surface area (Å²) in [4.78, 5) is 6.63.